The second-order valence-electron chi connectivity index (χ2n) is 2.00. The molecule has 0 saturated heterocycles. The molecule has 0 aliphatic carbocycles. The van der Waals surface area contributed by atoms with Crippen molar-refractivity contribution in [3.8, 4) is 0 Å². The number of hydrogen-bond donors (Lipinski definition) is 1. The predicted molar refractivity (Wildman–Crippen MR) is 66.6 cm³/mol. The Labute approximate surface area is 87.0 Å². The van der Waals surface area contributed by atoms with Crippen molar-refractivity contribution in [1.29, 1.82) is 0 Å². The Morgan fingerprint density at radius 1 is 1.07 bits per heavy atom. The normalized spacial score (nSPS) is 7.50. The Balaban J connectivity index is 0. The monoisotopic (exact) mass is 195 g/mol. The summed E-state index contributed by atoms with van der Waals surface area (Å²) in [5, 5.41) is 0. The first-order valence-electron chi connectivity index (χ1n) is 4.91. The molecule has 0 fully saturated rings. The SMILES string of the molecule is C=Nc1cc(C)[nH]c1N=C.CC.CC. The summed E-state index contributed by atoms with van der Waals surface area (Å²) in [6, 6.07) is 1.87. The van der Waals surface area contributed by atoms with Crippen LogP contribution in [-0.2, 0) is 0 Å². The van der Waals surface area contributed by atoms with Crippen LogP contribution >= 0.6 is 0 Å². The Kier molecular flexibility index (Phi) is 10.5. The van der Waals surface area contributed by atoms with Crippen LogP contribution in [0.25, 0.3) is 0 Å². The van der Waals surface area contributed by atoms with E-state index in [0.29, 0.717) is 5.82 Å². The molecule has 1 heterocycles. The molecule has 0 saturated carbocycles. The molecular formula is C11H21N3. The van der Waals surface area contributed by atoms with Crippen LogP contribution in [0, 0.1) is 6.92 Å². The molecule has 0 bridgehead atoms. The molecule has 80 valence electrons. The van der Waals surface area contributed by atoms with Crippen molar-refractivity contribution in [2.75, 3.05) is 0 Å². The van der Waals surface area contributed by atoms with E-state index < -0.39 is 0 Å². The zero-order chi connectivity index (χ0) is 11.6. The fraction of sp³-hybridized carbons (Fsp3) is 0.455. The zero-order valence-electron chi connectivity index (χ0n) is 9.89. The van der Waals surface area contributed by atoms with Gasteiger partial charge in [0.1, 0.15) is 5.69 Å². The fourth-order valence-corrected chi connectivity index (χ4v) is 0.801. The van der Waals surface area contributed by atoms with Crippen LogP contribution in [0.3, 0.4) is 0 Å². The van der Waals surface area contributed by atoms with E-state index in [4.69, 9.17) is 0 Å². The average Bonchev–Trinajstić information content (AvgIpc) is 2.64. The highest BCUT2D eigenvalue weighted by Gasteiger charge is 1.99. The Hall–Kier alpha value is -1.38. The Morgan fingerprint density at radius 2 is 1.57 bits per heavy atom. The van der Waals surface area contributed by atoms with Crippen molar-refractivity contribution in [3.05, 3.63) is 11.8 Å². The van der Waals surface area contributed by atoms with Crippen LogP contribution in [0.15, 0.2) is 16.1 Å². The van der Waals surface area contributed by atoms with Crippen molar-refractivity contribution in [2.24, 2.45) is 9.98 Å². The van der Waals surface area contributed by atoms with Gasteiger partial charge in [-0.15, -0.1) is 0 Å². The first-order chi connectivity index (χ1) is 6.77. The number of aliphatic imine (C=N–C) groups is 2. The van der Waals surface area contributed by atoms with Gasteiger partial charge in [0, 0.05) is 5.69 Å². The summed E-state index contributed by atoms with van der Waals surface area (Å²) >= 11 is 0. The largest absolute Gasteiger partial charge is 0.342 e. The summed E-state index contributed by atoms with van der Waals surface area (Å²) in [6.45, 7) is 16.7. The average molecular weight is 195 g/mol. The molecule has 0 amide bonds. The minimum Gasteiger partial charge on any atom is -0.342 e. The number of aromatic nitrogens is 1. The van der Waals surface area contributed by atoms with Crippen molar-refractivity contribution in [3.63, 3.8) is 0 Å². The van der Waals surface area contributed by atoms with Crippen LogP contribution in [-0.4, -0.2) is 18.4 Å². The molecule has 1 aromatic rings. The number of aryl methyl sites for hydroxylation is 1. The second kappa shape index (κ2) is 9.71. The van der Waals surface area contributed by atoms with Crippen LogP contribution in [0.2, 0.25) is 0 Å². The maximum atomic E-state index is 3.75. The highest BCUT2D eigenvalue weighted by atomic mass is 14.9. The van der Waals surface area contributed by atoms with Gasteiger partial charge in [0.25, 0.3) is 0 Å². The topological polar surface area (TPSA) is 40.5 Å². The summed E-state index contributed by atoms with van der Waals surface area (Å²) in [4.78, 5) is 10.5. The summed E-state index contributed by atoms with van der Waals surface area (Å²) in [6.07, 6.45) is 0. The molecular weight excluding hydrogens is 174 g/mol. The van der Waals surface area contributed by atoms with Gasteiger partial charge in [0.2, 0.25) is 0 Å². The van der Waals surface area contributed by atoms with Gasteiger partial charge in [0.05, 0.1) is 0 Å². The number of aromatic amines is 1. The molecule has 3 nitrogen and oxygen atoms in total. The molecule has 3 heteroatoms. The Bertz CT molecular complexity index is 236. The molecule has 0 aromatic carbocycles. The lowest BCUT2D eigenvalue weighted by molar-refractivity contribution is 1.24. The number of H-pyrrole nitrogens is 1. The van der Waals surface area contributed by atoms with Crippen LogP contribution in [0.1, 0.15) is 33.4 Å². The lowest BCUT2D eigenvalue weighted by Gasteiger charge is -1.85. The molecule has 0 radical (unpaired) electrons. The first-order valence-corrected chi connectivity index (χ1v) is 4.91. The maximum absolute atomic E-state index is 3.75. The quantitative estimate of drug-likeness (QED) is 0.692. The highest BCUT2D eigenvalue weighted by molar-refractivity contribution is 5.64. The van der Waals surface area contributed by atoms with E-state index in [9.17, 15) is 0 Å². The highest BCUT2D eigenvalue weighted by Crippen LogP contribution is 2.26. The van der Waals surface area contributed by atoms with E-state index in [1.807, 2.05) is 40.7 Å². The minimum absolute atomic E-state index is 0.688. The molecule has 0 aliphatic rings. The summed E-state index contributed by atoms with van der Waals surface area (Å²) < 4.78 is 0. The second-order valence-corrected chi connectivity index (χ2v) is 2.00. The lowest BCUT2D eigenvalue weighted by atomic mass is 10.4. The number of nitrogens with zero attached hydrogens (tertiary/aromatic N) is 2. The van der Waals surface area contributed by atoms with E-state index in [2.05, 4.69) is 28.4 Å². The number of nitrogens with one attached hydrogen (secondary N) is 1. The van der Waals surface area contributed by atoms with Gasteiger partial charge in [-0.05, 0) is 26.4 Å². The molecule has 0 atom stereocenters. The molecule has 0 aliphatic heterocycles. The number of hydrogen-bond acceptors (Lipinski definition) is 2. The van der Waals surface area contributed by atoms with E-state index in [1.54, 1.807) is 0 Å². The van der Waals surface area contributed by atoms with E-state index in [-0.39, 0.29) is 0 Å². The molecule has 0 unspecified atom stereocenters. The molecule has 1 rings (SSSR count). The minimum atomic E-state index is 0.688. The zero-order valence-corrected chi connectivity index (χ0v) is 9.89. The van der Waals surface area contributed by atoms with Crippen LogP contribution in [0.4, 0.5) is 11.5 Å². The Morgan fingerprint density at radius 3 is 1.86 bits per heavy atom. The fourth-order valence-electron chi connectivity index (χ4n) is 0.801. The van der Waals surface area contributed by atoms with Crippen molar-refractivity contribution < 1.29 is 0 Å². The van der Waals surface area contributed by atoms with Gasteiger partial charge in [0.15, 0.2) is 5.82 Å². The van der Waals surface area contributed by atoms with E-state index in [0.717, 1.165) is 11.4 Å². The third-order valence-corrected chi connectivity index (χ3v) is 1.24. The summed E-state index contributed by atoms with van der Waals surface area (Å²) in [5.41, 5.74) is 1.78. The first kappa shape index (κ1) is 15.1. The van der Waals surface area contributed by atoms with Gasteiger partial charge >= 0.3 is 0 Å². The van der Waals surface area contributed by atoms with Crippen LogP contribution < -0.4 is 0 Å². The van der Waals surface area contributed by atoms with Gasteiger partial charge in [-0.25, -0.2) is 4.99 Å². The predicted octanol–water partition coefficient (Wildman–Crippen LogP) is 4.04. The maximum Gasteiger partial charge on any atom is 0.155 e. The summed E-state index contributed by atoms with van der Waals surface area (Å²) in [7, 11) is 0. The van der Waals surface area contributed by atoms with Gasteiger partial charge in [-0.3, -0.25) is 4.99 Å². The van der Waals surface area contributed by atoms with Crippen LogP contribution in [0.5, 0.6) is 0 Å². The number of rotatable bonds is 2. The van der Waals surface area contributed by atoms with E-state index >= 15 is 0 Å². The molecule has 0 spiro atoms. The smallest absolute Gasteiger partial charge is 0.155 e. The van der Waals surface area contributed by atoms with Crippen molar-refractivity contribution in [2.45, 2.75) is 34.6 Å². The third-order valence-electron chi connectivity index (χ3n) is 1.24. The van der Waals surface area contributed by atoms with Crippen molar-refractivity contribution >= 4 is 24.9 Å². The molecule has 1 N–H and O–H groups in total. The summed E-state index contributed by atoms with van der Waals surface area (Å²) in [5.74, 6) is 0.688. The van der Waals surface area contributed by atoms with Gasteiger partial charge < -0.3 is 4.98 Å². The molecule has 14 heavy (non-hydrogen) atoms. The standard InChI is InChI=1S/C7H9N3.2C2H6/c1-5-4-6(8-2)7(9-3)10-5;2*1-2/h4,10H,2-3H2,1H3;2*1-2H3. The third kappa shape index (κ3) is 4.60. The van der Waals surface area contributed by atoms with Gasteiger partial charge in [-0.2, -0.15) is 0 Å². The molecule has 1 aromatic heterocycles. The van der Waals surface area contributed by atoms with E-state index in [1.165, 1.54) is 0 Å². The van der Waals surface area contributed by atoms with Crippen molar-refractivity contribution in [1.82, 2.24) is 4.98 Å². The lowest BCUT2D eigenvalue weighted by Crippen LogP contribution is -1.64. The van der Waals surface area contributed by atoms with Gasteiger partial charge in [-0.1, -0.05) is 27.7 Å².